The molecule has 0 aromatic heterocycles. The van der Waals surface area contributed by atoms with Crippen molar-refractivity contribution in [1.82, 2.24) is 0 Å². The van der Waals surface area contributed by atoms with Gasteiger partial charge in [0, 0.05) is 123 Å². The molecule has 2 unspecified atom stereocenters. The van der Waals surface area contributed by atoms with Crippen LogP contribution in [0.15, 0.2) is 47.6 Å². The molecule has 2 aliphatic rings. The van der Waals surface area contributed by atoms with E-state index in [9.17, 15) is 4.79 Å². The maximum absolute atomic E-state index is 11.8. The summed E-state index contributed by atoms with van der Waals surface area (Å²) in [6.45, 7) is 1.59. The number of nitrogens with zero attached hydrogens (tertiary/aromatic N) is 2. The quantitative estimate of drug-likeness (QED) is 0.529. The Morgan fingerprint density at radius 3 is 2.36 bits per heavy atom. The molecule has 2 atom stereocenters. The summed E-state index contributed by atoms with van der Waals surface area (Å²) < 4.78 is 0. The summed E-state index contributed by atoms with van der Waals surface area (Å²) in [7, 11) is 0. The normalized spacial score (nSPS) is 20.8. The average molecular weight is 565 g/mol. The Morgan fingerprint density at radius 2 is 1.76 bits per heavy atom. The van der Waals surface area contributed by atoms with Crippen molar-refractivity contribution in [3.8, 4) is 0 Å². The third-order valence-electron chi connectivity index (χ3n) is 4.46. The fourth-order valence-corrected chi connectivity index (χ4v) is 3.36. The van der Waals surface area contributed by atoms with Gasteiger partial charge in [0.25, 0.3) is 0 Å². The van der Waals surface area contributed by atoms with E-state index in [-0.39, 0.29) is 111 Å². The molecule has 127 valence electrons. The largest absolute Gasteiger partial charge is 0.288 e. The first-order valence-electron chi connectivity index (χ1n) is 7.84. The smallest absolute Gasteiger partial charge is 0.227 e. The first kappa shape index (κ1) is 28.6. The van der Waals surface area contributed by atoms with Crippen molar-refractivity contribution in [2.24, 2.45) is 10.9 Å². The van der Waals surface area contributed by atoms with Gasteiger partial charge in [0.05, 0.1) is 6.04 Å². The van der Waals surface area contributed by atoms with Gasteiger partial charge >= 0.3 is 0 Å². The fraction of sp³-hybridized carbons (Fsp3) is 0.474. The van der Waals surface area contributed by atoms with Crippen LogP contribution in [0.1, 0.15) is 46.5 Å². The van der Waals surface area contributed by atoms with Crippen LogP contribution in [-0.2, 0) is 103 Å². The summed E-state index contributed by atoms with van der Waals surface area (Å²) in [6.07, 6.45) is 10.2. The maximum Gasteiger partial charge on any atom is 0.227 e. The van der Waals surface area contributed by atoms with Crippen molar-refractivity contribution in [1.29, 1.82) is 0 Å². The van der Waals surface area contributed by atoms with Crippen molar-refractivity contribution in [3.05, 3.63) is 42.6 Å². The SMILES string of the molecule is C.CC(=O)N(/C=C/C1=NC2CCCCC2C1)c1ccccc1.[Y].[Y].[Y]. The van der Waals surface area contributed by atoms with Gasteiger partial charge in [0.1, 0.15) is 0 Å². The van der Waals surface area contributed by atoms with Crippen LogP contribution in [0.2, 0.25) is 0 Å². The summed E-state index contributed by atoms with van der Waals surface area (Å²) in [4.78, 5) is 18.3. The molecule has 1 fully saturated rings. The molecule has 1 aromatic rings. The van der Waals surface area contributed by atoms with E-state index in [2.05, 4.69) is 0 Å². The molecule has 1 saturated carbocycles. The summed E-state index contributed by atoms with van der Waals surface area (Å²) in [6, 6.07) is 10.3. The van der Waals surface area contributed by atoms with Gasteiger partial charge in [0.2, 0.25) is 5.91 Å². The zero-order chi connectivity index (χ0) is 14.7. The van der Waals surface area contributed by atoms with Gasteiger partial charge in [0.15, 0.2) is 0 Å². The molecule has 1 aliphatic carbocycles. The van der Waals surface area contributed by atoms with Crippen molar-refractivity contribution in [3.63, 3.8) is 0 Å². The third kappa shape index (κ3) is 8.12. The number of benzene rings is 1. The second kappa shape index (κ2) is 14.4. The number of aliphatic imine (C=N–C) groups is 1. The molecule has 0 N–H and O–H groups in total. The van der Waals surface area contributed by atoms with Gasteiger partial charge in [-0.3, -0.25) is 14.7 Å². The standard InChI is InChI=1S/C18H22N2O.CH4.3Y/c1-14(21)20(17-8-3-2-4-9-17)12-11-16-13-15-7-5-6-10-18(15)19-16;;;;/h2-4,8-9,11-12,15,18H,5-7,10,13H2,1H3;1H4;;;/b12-11+;;;;. The van der Waals surface area contributed by atoms with E-state index < -0.39 is 0 Å². The van der Waals surface area contributed by atoms with Crippen molar-refractivity contribution in [2.75, 3.05) is 4.90 Å². The second-order valence-electron chi connectivity index (χ2n) is 5.98. The first-order valence-corrected chi connectivity index (χ1v) is 7.84. The molecule has 3 rings (SSSR count). The Bertz CT molecular complexity index is 575. The molecule has 1 heterocycles. The number of para-hydroxylation sites is 1. The molecule has 1 aromatic carbocycles. The molecule has 25 heavy (non-hydrogen) atoms. The monoisotopic (exact) mass is 565 g/mol. The van der Waals surface area contributed by atoms with Crippen LogP contribution in [0, 0.1) is 5.92 Å². The van der Waals surface area contributed by atoms with Gasteiger partial charge < -0.3 is 0 Å². The van der Waals surface area contributed by atoms with E-state index >= 15 is 0 Å². The van der Waals surface area contributed by atoms with E-state index in [1.165, 1.54) is 25.7 Å². The number of hydrogen-bond donors (Lipinski definition) is 0. The molecular weight excluding hydrogens is 539 g/mol. The molecule has 1 aliphatic heterocycles. The number of hydrogen-bond acceptors (Lipinski definition) is 2. The van der Waals surface area contributed by atoms with E-state index in [0.717, 1.165) is 23.7 Å². The summed E-state index contributed by atoms with van der Waals surface area (Å²) in [5.74, 6) is 0.759. The van der Waals surface area contributed by atoms with E-state index in [0.29, 0.717) is 6.04 Å². The Kier molecular flexibility index (Phi) is 16.5. The minimum Gasteiger partial charge on any atom is -0.288 e. The van der Waals surface area contributed by atoms with Crippen LogP contribution < -0.4 is 4.90 Å². The minimum absolute atomic E-state index is 0. The Balaban J connectivity index is 0. The Morgan fingerprint density at radius 1 is 1.12 bits per heavy atom. The van der Waals surface area contributed by atoms with Crippen molar-refractivity contribution < 1.29 is 103 Å². The van der Waals surface area contributed by atoms with E-state index in [1.807, 2.05) is 42.6 Å². The number of carbonyl (C=O) groups is 1. The average Bonchev–Trinajstić information content (AvgIpc) is 2.91. The predicted molar refractivity (Wildman–Crippen MR) is 93.3 cm³/mol. The van der Waals surface area contributed by atoms with Crippen LogP contribution in [0.3, 0.4) is 0 Å². The van der Waals surface area contributed by atoms with Crippen LogP contribution in [-0.4, -0.2) is 17.7 Å². The summed E-state index contributed by atoms with van der Waals surface area (Å²) in [5, 5.41) is 0. The van der Waals surface area contributed by atoms with Crippen LogP contribution in [0.25, 0.3) is 0 Å². The third-order valence-corrected chi connectivity index (χ3v) is 4.46. The molecule has 3 nitrogen and oxygen atoms in total. The van der Waals surface area contributed by atoms with Crippen molar-refractivity contribution in [2.45, 2.75) is 52.5 Å². The van der Waals surface area contributed by atoms with Crippen LogP contribution >= 0.6 is 0 Å². The second-order valence-corrected chi connectivity index (χ2v) is 5.98. The zero-order valence-electron chi connectivity index (χ0n) is 14.3. The summed E-state index contributed by atoms with van der Waals surface area (Å²) >= 11 is 0. The maximum atomic E-state index is 11.8. The van der Waals surface area contributed by atoms with E-state index in [1.54, 1.807) is 11.8 Å². The van der Waals surface area contributed by atoms with Crippen LogP contribution in [0.5, 0.6) is 0 Å². The predicted octanol–water partition coefficient (Wildman–Crippen LogP) is 4.59. The number of amides is 1. The molecule has 6 heteroatoms. The van der Waals surface area contributed by atoms with Gasteiger partial charge in [-0.05, 0) is 43.4 Å². The number of carbonyl (C=O) groups excluding carboxylic acids is 1. The number of rotatable bonds is 3. The van der Waals surface area contributed by atoms with E-state index in [4.69, 9.17) is 4.99 Å². The van der Waals surface area contributed by atoms with Gasteiger partial charge in [-0.25, -0.2) is 0 Å². The van der Waals surface area contributed by atoms with Gasteiger partial charge in [-0.2, -0.15) is 0 Å². The number of fused-ring (bicyclic) bond motifs is 1. The summed E-state index contributed by atoms with van der Waals surface area (Å²) in [5.41, 5.74) is 2.05. The molecule has 0 spiro atoms. The van der Waals surface area contributed by atoms with Crippen LogP contribution in [0.4, 0.5) is 5.69 Å². The fourth-order valence-electron chi connectivity index (χ4n) is 3.36. The molecular formula is C19H26N2OY3. The molecule has 3 radical (unpaired) electrons. The van der Waals surface area contributed by atoms with Crippen molar-refractivity contribution >= 4 is 17.3 Å². The molecule has 0 saturated heterocycles. The topological polar surface area (TPSA) is 32.7 Å². The molecule has 1 amide bonds. The molecule has 0 bridgehead atoms. The minimum atomic E-state index is 0. The first-order chi connectivity index (χ1) is 10.2. The number of anilines is 1. The Hall–Kier alpha value is 1.41. The van der Waals surface area contributed by atoms with Gasteiger partial charge in [-0.1, -0.05) is 38.5 Å². The zero-order valence-corrected chi connectivity index (χ0v) is 22.8. The van der Waals surface area contributed by atoms with Gasteiger partial charge in [-0.15, -0.1) is 0 Å². The number of allylic oxidation sites excluding steroid dienone is 1. The Labute approximate surface area is 227 Å².